The highest BCUT2D eigenvalue weighted by Gasteiger charge is 2.41. The number of likely N-dealkylation sites (tertiary alicyclic amines) is 2. The van der Waals surface area contributed by atoms with Crippen LogP contribution in [0.5, 0.6) is 0 Å². The number of hydrogen-bond donors (Lipinski definition) is 4. The first-order chi connectivity index (χ1) is 20.6. The van der Waals surface area contributed by atoms with Crippen molar-refractivity contribution in [3.8, 4) is 0 Å². The molecule has 2 fully saturated rings. The van der Waals surface area contributed by atoms with E-state index in [0.717, 1.165) is 30.4 Å². The largest absolute Gasteiger partial charge is 0.350 e. The summed E-state index contributed by atoms with van der Waals surface area (Å²) in [5.41, 5.74) is 14.2. The van der Waals surface area contributed by atoms with Crippen molar-refractivity contribution in [1.82, 2.24) is 19.8 Å². The number of hydrogen-bond acceptors (Lipinski definition) is 7. The third-order valence-corrected chi connectivity index (χ3v) is 9.53. The predicted molar refractivity (Wildman–Crippen MR) is 165 cm³/mol. The van der Waals surface area contributed by atoms with Gasteiger partial charge >= 0.3 is 0 Å². The van der Waals surface area contributed by atoms with Crippen LogP contribution in [0.1, 0.15) is 55.2 Å². The lowest BCUT2D eigenvalue weighted by Crippen LogP contribution is -2.54. The highest BCUT2D eigenvalue weighted by atomic mass is 35.5. The lowest BCUT2D eigenvalue weighted by molar-refractivity contribution is -0.140. The fourth-order valence-corrected chi connectivity index (χ4v) is 7.23. The maximum absolute atomic E-state index is 13.9. The van der Waals surface area contributed by atoms with E-state index in [4.69, 9.17) is 23.1 Å². The first-order valence-electron chi connectivity index (χ1n) is 14.7. The molecule has 2 saturated heterocycles. The number of nitrogens with one attached hydrogen (secondary N) is 2. The van der Waals surface area contributed by atoms with Crippen molar-refractivity contribution in [3.05, 3.63) is 70.2 Å². The molecule has 2 heterocycles. The Morgan fingerprint density at radius 2 is 1.74 bits per heavy atom. The van der Waals surface area contributed by atoms with E-state index in [1.807, 2.05) is 0 Å². The number of carbonyl (C=O) groups excluding carboxylic acids is 3. The van der Waals surface area contributed by atoms with Gasteiger partial charge in [-0.3, -0.25) is 14.4 Å². The van der Waals surface area contributed by atoms with Gasteiger partial charge < -0.3 is 26.6 Å². The molecule has 4 rings (SSSR count). The average Bonchev–Trinajstić information content (AvgIpc) is 3.39. The van der Waals surface area contributed by atoms with Gasteiger partial charge in [0.05, 0.1) is 5.75 Å². The smallest absolute Gasteiger partial charge is 0.243 e. The van der Waals surface area contributed by atoms with Crippen molar-refractivity contribution >= 4 is 39.3 Å². The van der Waals surface area contributed by atoms with Crippen LogP contribution >= 0.6 is 11.6 Å². The van der Waals surface area contributed by atoms with Crippen LogP contribution in [0.25, 0.3) is 0 Å². The van der Waals surface area contributed by atoms with Crippen molar-refractivity contribution in [2.75, 3.05) is 19.6 Å². The molecule has 0 unspecified atom stereocenters. The number of benzene rings is 2. The number of sulfonamides is 1. The molecule has 0 spiro atoms. The number of nitrogens with zero attached hydrogens (tertiary/aromatic N) is 2. The number of rotatable bonds is 12. The fraction of sp³-hybridized carbons (Fsp3) is 0.500. The van der Waals surface area contributed by atoms with Crippen molar-refractivity contribution in [2.24, 2.45) is 11.5 Å². The van der Waals surface area contributed by atoms with E-state index in [9.17, 15) is 22.8 Å². The Balaban J connectivity index is 1.49. The molecule has 13 heteroatoms. The standard InChI is InChI=1S/C30H41ClN6O5S/c31-24-10-9-22(17-32)23(15-24)18-34-29(39)27-16-25(33)19-37(27)30(40)26(11-12-28(38)36-13-5-2-6-14-36)35-43(41,42)20-21-7-3-1-4-8-21/h1,3-4,7-10,15,25-27,35H,2,5-6,11-14,16-20,32-33H2,(H,34,39)/t25-,26+,27-/m0/s1. The zero-order chi connectivity index (χ0) is 31.0. The summed E-state index contributed by atoms with van der Waals surface area (Å²) in [7, 11) is -3.97. The normalized spacial score (nSPS) is 19.7. The summed E-state index contributed by atoms with van der Waals surface area (Å²) in [5.74, 6) is -1.45. The average molecular weight is 633 g/mol. The Hall–Kier alpha value is -3.03. The Labute approximate surface area is 258 Å². The maximum atomic E-state index is 13.9. The van der Waals surface area contributed by atoms with Crippen molar-refractivity contribution in [1.29, 1.82) is 0 Å². The molecule has 0 saturated carbocycles. The van der Waals surface area contributed by atoms with Gasteiger partial charge in [0.15, 0.2) is 0 Å². The Bertz CT molecular complexity index is 1390. The molecule has 2 aliphatic heterocycles. The first kappa shape index (κ1) is 32.9. The van der Waals surface area contributed by atoms with Crippen molar-refractivity contribution in [2.45, 2.75) is 75.5 Å². The van der Waals surface area contributed by atoms with Crippen molar-refractivity contribution in [3.63, 3.8) is 0 Å². The second-order valence-corrected chi connectivity index (χ2v) is 13.4. The molecular formula is C30H41ClN6O5S. The minimum absolute atomic E-state index is 0.00233. The van der Waals surface area contributed by atoms with E-state index < -0.39 is 40.0 Å². The van der Waals surface area contributed by atoms with Gasteiger partial charge in [-0.25, -0.2) is 13.1 Å². The van der Waals surface area contributed by atoms with E-state index in [0.29, 0.717) is 23.7 Å². The molecule has 0 bridgehead atoms. The second-order valence-electron chi connectivity index (χ2n) is 11.2. The van der Waals surface area contributed by atoms with Gasteiger partial charge in [0, 0.05) is 50.2 Å². The highest BCUT2D eigenvalue weighted by molar-refractivity contribution is 7.88. The molecule has 0 aromatic heterocycles. The highest BCUT2D eigenvalue weighted by Crippen LogP contribution is 2.22. The molecule has 0 radical (unpaired) electrons. The topological polar surface area (TPSA) is 168 Å². The molecule has 6 N–H and O–H groups in total. The van der Waals surface area contributed by atoms with E-state index in [1.54, 1.807) is 53.4 Å². The molecule has 11 nitrogen and oxygen atoms in total. The molecule has 234 valence electrons. The number of nitrogens with two attached hydrogens (primary N) is 2. The van der Waals surface area contributed by atoms with Gasteiger partial charge in [-0.2, -0.15) is 0 Å². The number of piperidine rings is 1. The Morgan fingerprint density at radius 3 is 2.44 bits per heavy atom. The number of carbonyl (C=O) groups is 3. The third kappa shape index (κ3) is 9.23. The molecule has 3 amide bonds. The summed E-state index contributed by atoms with van der Waals surface area (Å²) < 4.78 is 28.9. The number of halogens is 1. The fourth-order valence-electron chi connectivity index (χ4n) is 5.67. The van der Waals surface area contributed by atoms with Crippen LogP contribution in [0.2, 0.25) is 5.02 Å². The van der Waals surface area contributed by atoms with Crippen LogP contribution in [0.3, 0.4) is 0 Å². The summed E-state index contributed by atoms with van der Waals surface area (Å²) in [4.78, 5) is 43.4. The minimum Gasteiger partial charge on any atom is -0.350 e. The van der Waals surface area contributed by atoms with Gasteiger partial charge in [-0.05, 0) is 60.9 Å². The maximum Gasteiger partial charge on any atom is 0.243 e. The molecule has 43 heavy (non-hydrogen) atoms. The van der Waals surface area contributed by atoms with Crippen molar-refractivity contribution < 1.29 is 22.8 Å². The summed E-state index contributed by atoms with van der Waals surface area (Å²) in [6, 6.07) is 11.3. The summed E-state index contributed by atoms with van der Waals surface area (Å²) >= 11 is 6.13. The summed E-state index contributed by atoms with van der Waals surface area (Å²) in [6.07, 6.45) is 3.08. The van der Waals surface area contributed by atoms with E-state index in [-0.39, 0.29) is 50.6 Å². The van der Waals surface area contributed by atoms with E-state index in [1.165, 1.54) is 4.90 Å². The third-order valence-electron chi connectivity index (χ3n) is 7.94. The molecule has 0 aliphatic carbocycles. The van der Waals surface area contributed by atoms with Gasteiger partial charge in [-0.15, -0.1) is 0 Å². The number of amides is 3. The van der Waals surface area contributed by atoms with Gasteiger partial charge in [0.25, 0.3) is 0 Å². The molecule has 2 aliphatic rings. The monoisotopic (exact) mass is 632 g/mol. The first-order valence-corrected chi connectivity index (χ1v) is 16.7. The SMILES string of the molecule is NCc1ccc(Cl)cc1CNC(=O)[C@@H]1C[C@H](N)CN1C(=O)[C@@H](CCC(=O)N1CCCCC1)NS(=O)(=O)Cc1ccccc1. The molecule has 2 aromatic rings. The zero-order valence-electron chi connectivity index (χ0n) is 24.2. The zero-order valence-corrected chi connectivity index (χ0v) is 25.8. The Kier molecular flexibility index (Phi) is 11.6. The minimum atomic E-state index is -3.97. The lowest BCUT2D eigenvalue weighted by atomic mass is 10.1. The molecule has 2 aromatic carbocycles. The van der Waals surface area contributed by atoms with Gasteiger partial charge in [0.1, 0.15) is 12.1 Å². The van der Waals surface area contributed by atoms with Gasteiger partial charge in [0.2, 0.25) is 27.7 Å². The van der Waals surface area contributed by atoms with Crippen LogP contribution in [-0.4, -0.2) is 73.7 Å². The van der Waals surface area contributed by atoms with Crippen LogP contribution in [0.4, 0.5) is 0 Å². The quantitative estimate of drug-likeness (QED) is 0.276. The molecular weight excluding hydrogens is 592 g/mol. The predicted octanol–water partition coefficient (Wildman–Crippen LogP) is 1.62. The summed E-state index contributed by atoms with van der Waals surface area (Å²) in [6.45, 7) is 1.80. The van der Waals surface area contributed by atoms with Crippen LogP contribution in [-0.2, 0) is 43.2 Å². The Morgan fingerprint density at radius 1 is 1.02 bits per heavy atom. The molecule has 3 atom stereocenters. The van der Waals surface area contributed by atoms with Gasteiger partial charge in [-0.1, -0.05) is 48.0 Å². The van der Waals surface area contributed by atoms with Crippen LogP contribution in [0, 0.1) is 0 Å². The van der Waals surface area contributed by atoms with E-state index >= 15 is 0 Å². The second kappa shape index (κ2) is 15.1. The lowest BCUT2D eigenvalue weighted by Gasteiger charge is -2.30. The summed E-state index contributed by atoms with van der Waals surface area (Å²) in [5, 5.41) is 3.36. The van der Waals surface area contributed by atoms with Crippen LogP contribution < -0.4 is 21.5 Å². The van der Waals surface area contributed by atoms with E-state index in [2.05, 4.69) is 10.0 Å². The van der Waals surface area contributed by atoms with Crippen LogP contribution in [0.15, 0.2) is 48.5 Å².